The zero-order chi connectivity index (χ0) is 13.1. The number of hydrogen-bond donors (Lipinski definition) is 2. The Morgan fingerprint density at radius 2 is 1.83 bits per heavy atom. The number of likely N-dealkylation sites (N-methyl/N-ethyl adjacent to an activating group) is 1. The van der Waals surface area contributed by atoms with E-state index >= 15 is 0 Å². The molecule has 2 rings (SSSR count). The first-order chi connectivity index (χ1) is 8.60. The highest BCUT2D eigenvalue weighted by molar-refractivity contribution is 6.58. The van der Waals surface area contributed by atoms with Gasteiger partial charge in [0.05, 0.1) is 0 Å². The van der Waals surface area contributed by atoms with Gasteiger partial charge >= 0.3 is 7.12 Å². The fourth-order valence-corrected chi connectivity index (χ4v) is 2.25. The standard InChI is InChI=1S/C12H18BFN2O2/c1-2-15-3-5-16(6-4-15)12-8-10(13(17)18)7-11(14)9-12/h7-9,17-18H,2-6H2,1H3. The van der Waals surface area contributed by atoms with E-state index in [0.717, 1.165) is 38.8 Å². The van der Waals surface area contributed by atoms with Crippen molar-refractivity contribution in [2.24, 2.45) is 0 Å². The summed E-state index contributed by atoms with van der Waals surface area (Å²) in [5.74, 6) is -0.437. The van der Waals surface area contributed by atoms with Crippen molar-refractivity contribution in [1.82, 2.24) is 4.90 Å². The van der Waals surface area contributed by atoms with E-state index in [2.05, 4.69) is 16.7 Å². The van der Waals surface area contributed by atoms with Crippen LogP contribution in [0.25, 0.3) is 0 Å². The zero-order valence-corrected chi connectivity index (χ0v) is 10.5. The quantitative estimate of drug-likeness (QED) is 0.722. The van der Waals surface area contributed by atoms with Crippen LogP contribution in [-0.4, -0.2) is 54.8 Å². The lowest BCUT2D eigenvalue weighted by atomic mass is 9.80. The average Bonchev–Trinajstić information content (AvgIpc) is 2.38. The van der Waals surface area contributed by atoms with Crippen molar-refractivity contribution in [2.45, 2.75) is 6.92 Å². The van der Waals surface area contributed by atoms with Crippen molar-refractivity contribution >= 4 is 18.3 Å². The molecule has 1 aromatic rings. The van der Waals surface area contributed by atoms with Crippen LogP contribution in [0, 0.1) is 5.82 Å². The second kappa shape index (κ2) is 5.69. The predicted octanol–water partition coefficient (Wildman–Crippen LogP) is -0.353. The van der Waals surface area contributed by atoms with Crippen LogP contribution < -0.4 is 10.4 Å². The van der Waals surface area contributed by atoms with Crippen molar-refractivity contribution in [1.29, 1.82) is 0 Å². The summed E-state index contributed by atoms with van der Waals surface area (Å²) in [6.45, 7) is 6.71. The highest BCUT2D eigenvalue weighted by Gasteiger charge is 2.19. The van der Waals surface area contributed by atoms with Crippen molar-refractivity contribution in [2.75, 3.05) is 37.6 Å². The Labute approximate surface area is 107 Å². The normalized spacial score (nSPS) is 17.0. The van der Waals surface area contributed by atoms with Crippen LogP contribution in [0.1, 0.15) is 6.92 Å². The minimum absolute atomic E-state index is 0.197. The third-order valence-electron chi connectivity index (χ3n) is 3.39. The maximum Gasteiger partial charge on any atom is 0.488 e. The average molecular weight is 252 g/mol. The second-order valence-corrected chi connectivity index (χ2v) is 4.54. The number of halogens is 1. The molecule has 0 aromatic heterocycles. The Kier molecular flexibility index (Phi) is 4.21. The molecule has 1 aliphatic heterocycles. The SMILES string of the molecule is CCN1CCN(c2cc(F)cc(B(O)O)c2)CC1. The van der Waals surface area contributed by atoms with Crippen molar-refractivity contribution in [3.63, 3.8) is 0 Å². The number of nitrogens with zero attached hydrogens (tertiary/aromatic N) is 2. The minimum Gasteiger partial charge on any atom is -0.423 e. The lowest BCUT2D eigenvalue weighted by Crippen LogP contribution is -2.46. The molecular formula is C12H18BFN2O2. The van der Waals surface area contributed by atoms with Gasteiger partial charge in [0, 0.05) is 31.9 Å². The summed E-state index contributed by atoms with van der Waals surface area (Å²) in [6.07, 6.45) is 0. The molecule has 1 saturated heterocycles. The molecular weight excluding hydrogens is 234 g/mol. The highest BCUT2D eigenvalue weighted by atomic mass is 19.1. The fraction of sp³-hybridized carbons (Fsp3) is 0.500. The first-order valence-electron chi connectivity index (χ1n) is 6.24. The Bertz CT molecular complexity index is 409. The number of hydrogen-bond acceptors (Lipinski definition) is 4. The zero-order valence-electron chi connectivity index (χ0n) is 10.5. The molecule has 98 valence electrons. The summed E-state index contributed by atoms with van der Waals surface area (Å²) >= 11 is 0. The summed E-state index contributed by atoms with van der Waals surface area (Å²) in [5, 5.41) is 18.2. The van der Waals surface area contributed by atoms with E-state index in [1.807, 2.05) is 0 Å². The van der Waals surface area contributed by atoms with Gasteiger partial charge in [0.25, 0.3) is 0 Å². The third-order valence-corrected chi connectivity index (χ3v) is 3.39. The molecule has 1 fully saturated rings. The lowest BCUT2D eigenvalue weighted by molar-refractivity contribution is 0.271. The van der Waals surface area contributed by atoms with E-state index in [4.69, 9.17) is 10.0 Å². The largest absolute Gasteiger partial charge is 0.488 e. The fourth-order valence-electron chi connectivity index (χ4n) is 2.25. The minimum atomic E-state index is -1.63. The van der Waals surface area contributed by atoms with E-state index in [0.29, 0.717) is 5.69 Å². The molecule has 0 bridgehead atoms. The molecule has 0 spiro atoms. The van der Waals surface area contributed by atoms with E-state index in [9.17, 15) is 4.39 Å². The van der Waals surface area contributed by atoms with E-state index < -0.39 is 12.9 Å². The van der Waals surface area contributed by atoms with Crippen LogP contribution in [0.3, 0.4) is 0 Å². The molecule has 0 saturated carbocycles. The predicted molar refractivity (Wildman–Crippen MR) is 70.6 cm³/mol. The van der Waals surface area contributed by atoms with Gasteiger partial charge in [0.15, 0.2) is 0 Å². The topological polar surface area (TPSA) is 46.9 Å². The molecule has 1 aliphatic rings. The van der Waals surface area contributed by atoms with Gasteiger partial charge in [-0.25, -0.2) is 4.39 Å². The van der Waals surface area contributed by atoms with Gasteiger partial charge in [-0.2, -0.15) is 0 Å². The molecule has 2 N–H and O–H groups in total. The molecule has 1 heterocycles. The van der Waals surface area contributed by atoms with Crippen LogP contribution in [0.5, 0.6) is 0 Å². The van der Waals surface area contributed by atoms with Gasteiger partial charge in [-0.05, 0) is 30.2 Å². The summed E-state index contributed by atoms with van der Waals surface area (Å²) < 4.78 is 13.4. The Morgan fingerprint density at radius 3 is 2.39 bits per heavy atom. The van der Waals surface area contributed by atoms with E-state index in [1.54, 1.807) is 6.07 Å². The first-order valence-corrected chi connectivity index (χ1v) is 6.24. The molecule has 0 amide bonds. The van der Waals surface area contributed by atoms with E-state index in [-0.39, 0.29) is 5.46 Å². The van der Waals surface area contributed by atoms with Crippen LogP contribution in [-0.2, 0) is 0 Å². The lowest BCUT2D eigenvalue weighted by Gasteiger charge is -2.35. The van der Waals surface area contributed by atoms with Crippen LogP contribution in [0.4, 0.5) is 10.1 Å². The number of piperazine rings is 1. The van der Waals surface area contributed by atoms with Crippen molar-refractivity contribution < 1.29 is 14.4 Å². The van der Waals surface area contributed by atoms with Crippen LogP contribution in [0.2, 0.25) is 0 Å². The molecule has 0 radical (unpaired) electrons. The monoisotopic (exact) mass is 252 g/mol. The molecule has 0 aliphatic carbocycles. The Hall–Kier alpha value is -1.11. The molecule has 0 unspecified atom stereocenters. The van der Waals surface area contributed by atoms with E-state index in [1.165, 1.54) is 6.07 Å². The van der Waals surface area contributed by atoms with Crippen LogP contribution >= 0.6 is 0 Å². The molecule has 6 heteroatoms. The molecule has 4 nitrogen and oxygen atoms in total. The molecule has 0 atom stereocenters. The van der Waals surface area contributed by atoms with Gasteiger partial charge in [-0.15, -0.1) is 0 Å². The first kappa shape index (κ1) is 13.3. The van der Waals surface area contributed by atoms with Gasteiger partial charge in [-0.1, -0.05) is 6.92 Å². The Balaban J connectivity index is 2.13. The van der Waals surface area contributed by atoms with Gasteiger partial charge < -0.3 is 19.8 Å². The summed E-state index contributed by atoms with van der Waals surface area (Å²) in [4.78, 5) is 4.40. The molecule has 18 heavy (non-hydrogen) atoms. The van der Waals surface area contributed by atoms with Gasteiger partial charge in [0.2, 0.25) is 0 Å². The maximum atomic E-state index is 13.4. The smallest absolute Gasteiger partial charge is 0.423 e. The number of anilines is 1. The summed E-state index contributed by atoms with van der Waals surface area (Å²) in [5.41, 5.74) is 0.914. The third kappa shape index (κ3) is 3.01. The summed E-state index contributed by atoms with van der Waals surface area (Å²) in [7, 11) is -1.63. The van der Waals surface area contributed by atoms with Gasteiger partial charge in [-0.3, -0.25) is 0 Å². The highest BCUT2D eigenvalue weighted by Crippen LogP contribution is 2.16. The Morgan fingerprint density at radius 1 is 1.17 bits per heavy atom. The molecule has 1 aromatic carbocycles. The van der Waals surface area contributed by atoms with Crippen molar-refractivity contribution in [3.8, 4) is 0 Å². The van der Waals surface area contributed by atoms with Crippen molar-refractivity contribution in [3.05, 3.63) is 24.0 Å². The summed E-state index contributed by atoms with van der Waals surface area (Å²) in [6, 6.07) is 4.22. The number of rotatable bonds is 3. The van der Waals surface area contributed by atoms with Gasteiger partial charge in [0.1, 0.15) is 5.82 Å². The number of benzene rings is 1. The maximum absolute atomic E-state index is 13.4. The van der Waals surface area contributed by atoms with Crippen LogP contribution in [0.15, 0.2) is 18.2 Å². The second-order valence-electron chi connectivity index (χ2n) is 4.54.